The highest BCUT2D eigenvalue weighted by Crippen LogP contribution is 2.24. The van der Waals surface area contributed by atoms with Crippen LogP contribution in [0.1, 0.15) is 19.0 Å². The Morgan fingerprint density at radius 2 is 2.15 bits per heavy atom. The molecule has 0 saturated carbocycles. The number of sulfone groups is 1. The van der Waals surface area contributed by atoms with E-state index in [1.807, 2.05) is 12.1 Å². The number of carbonyl (C=O) groups excluding carboxylic acids is 1. The fourth-order valence-electron chi connectivity index (χ4n) is 2.61. The Labute approximate surface area is 161 Å². The number of aromatic nitrogens is 1. The van der Waals surface area contributed by atoms with Gasteiger partial charge in [0, 0.05) is 22.4 Å². The van der Waals surface area contributed by atoms with Crippen LogP contribution in [0.2, 0.25) is 5.02 Å². The van der Waals surface area contributed by atoms with E-state index in [9.17, 15) is 13.2 Å². The monoisotopic (exact) mass is 414 g/mol. The molecule has 1 saturated heterocycles. The molecule has 1 fully saturated rings. The predicted octanol–water partition coefficient (Wildman–Crippen LogP) is 2.92. The molecule has 1 amide bonds. The second-order valence-corrected chi connectivity index (χ2v) is 10.2. The van der Waals surface area contributed by atoms with E-state index < -0.39 is 9.84 Å². The van der Waals surface area contributed by atoms with Gasteiger partial charge in [0.05, 0.1) is 22.4 Å². The van der Waals surface area contributed by atoms with E-state index in [0.29, 0.717) is 23.1 Å². The lowest BCUT2D eigenvalue weighted by atomic mass is 10.2. The van der Waals surface area contributed by atoms with Crippen LogP contribution in [0, 0.1) is 0 Å². The number of nitrogens with zero attached hydrogens (tertiary/aromatic N) is 1. The summed E-state index contributed by atoms with van der Waals surface area (Å²) in [6.07, 6.45) is 2.06. The average molecular weight is 415 g/mol. The van der Waals surface area contributed by atoms with Crippen molar-refractivity contribution >= 4 is 39.1 Å². The Morgan fingerprint density at radius 3 is 2.81 bits per heavy atom. The molecule has 2 aromatic rings. The summed E-state index contributed by atoms with van der Waals surface area (Å²) in [7, 11) is -3.00. The molecule has 1 aliphatic rings. The van der Waals surface area contributed by atoms with Gasteiger partial charge in [-0.05, 0) is 37.6 Å². The highest BCUT2D eigenvalue weighted by molar-refractivity contribution is 7.99. The largest absolute Gasteiger partial charge is 0.444 e. The number of rotatable bonds is 6. The summed E-state index contributed by atoms with van der Waals surface area (Å²) < 4.78 is 28.4. The molecule has 1 aromatic heterocycles. The lowest BCUT2D eigenvalue weighted by molar-refractivity contribution is -0.120. The molecular formula is C17H19ClN2O4S2. The van der Waals surface area contributed by atoms with E-state index >= 15 is 0 Å². The molecule has 140 valence electrons. The van der Waals surface area contributed by atoms with Crippen molar-refractivity contribution in [2.24, 2.45) is 0 Å². The first-order valence-corrected chi connectivity index (χ1v) is 11.4. The maximum atomic E-state index is 12.2. The molecule has 2 atom stereocenters. The van der Waals surface area contributed by atoms with Crippen LogP contribution in [-0.4, -0.2) is 42.1 Å². The number of thioether (sulfide) groups is 1. The molecule has 0 spiro atoms. The van der Waals surface area contributed by atoms with Crippen LogP contribution < -0.4 is 5.32 Å². The van der Waals surface area contributed by atoms with Crippen molar-refractivity contribution in [2.45, 2.75) is 30.4 Å². The molecule has 1 aromatic carbocycles. The highest BCUT2D eigenvalue weighted by Gasteiger charge is 2.30. The first-order chi connectivity index (χ1) is 12.3. The van der Waals surface area contributed by atoms with Crippen LogP contribution in [0.15, 0.2) is 34.9 Å². The van der Waals surface area contributed by atoms with Crippen molar-refractivity contribution in [1.82, 2.24) is 10.3 Å². The van der Waals surface area contributed by atoms with Crippen molar-refractivity contribution in [1.29, 1.82) is 0 Å². The van der Waals surface area contributed by atoms with Crippen LogP contribution >= 0.6 is 23.4 Å². The first-order valence-electron chi connectivity index (χ1n) is 8.15. The predicted molar refractivity (Wildman–Crippen MR) is 103 cm³/mol. The summed E-state index contributed by atoms with van der Waals surface area (Å²) in [5.74, 6) is 1.05. The summed E-state index contributed by atoms with van der Waals surface area (Å²) in [5.41, 5.74) is 1.57. The van der Waals surface area contributed by atoms with Crippen molar-refractivity contribution in [3.63, 3.8) is 0 Å². The topological polar surface area (TPSA) is 89.3 Å². The third-order valence-electron chi connectivity index (χ3n) is 4.07. The molecule has 26 heavy (non-hydrogen) atoms. The smallest absolute Gasteiger partial charge is 0.233 e. The van der Waals surface area contributed by atoms with Crippen LogP contribution in [0.5, 0.6) is 0 Å². The van der Waals surface area contributed by atoms with Gasteiger partial charge in [-0.25, -0.2) is 13.4 Å². The quantitative estimate of drug-likeness (QED) is 0.781. The van der Waals surface area contributed by atoms with Gasteiger partial charge in [0.1, 0.15) is 6.26 Å². The lowest BCUT2D eigenvalue weighted by Gasteiger charge is -2.15. The van der Waals surface area contributed by atoms with Gasteiger partial charge in [-0.2, -0.15) is 0 Å². The fourth-order valence-corrected chi connectivity index (χ4v) is 5.18. The standard InChI is InChI=1S/C17H19ClN2O4S2/c1-11(16(21)19-14-6-7-26(22,23)10-14)25-9-15-8-24-17(20-15)12-2-4-13(18)5-3-12/h2-5,8,11,14H,6-7,9-10H2,1H3,(H,19,21). The van der Waals surface area contributed by atoms with E-state index in [1.165, 1.54) is 11.8 Å². The number of carbonyl (C=O) groups is 1. The zero-order valence-electron chi connectivity index (χ0n) is 14.1. The maximum absolute atomic E-state index is 12.2. The Balaban J connectivity index is 1.51. The normalized spacial score (nSPS) is 20.0. The summed E-state index contributed by atoms with van der Waals surface area (Å²) in [5, 5.41) is 3.14. The molecule has 2 unspecified atom stereocenters. The van der Waals surface area contributed by atoms with Crippen molar-refractivity contribution in [3.05, 3.63) is 41.2 Å². The zero-order chi connectivity index (χ0) is 18.7. The number of hydrogen-bond acceptors (Lipinski definition) is 6. The summed E-state index contributed by atoms with van der Waals surface area (Å²) in [6.45, 7) is 1.80. The van der Waals surface area contributed by atoms with E-state index in [1.54, 1.807) is 25.3 Å². The molecule has 1 aliphatic heterocycles. The third kappa shape index (κ3) is 5.02. The second kappa shape index (κ2) is 8.02. The lowest BCUT2D eigenvalue weighted by Crippen LogP contribution is -2.40. The average Bonchev–Trinajstić information content (AvgIpc) is 3.19. The molecule has 0 aliphatic carbocycles. The van der Waals surface area contributed by atoms with Crippen LogP contribution in [-0.2, 0) is 20.4 Å². The molecule has 3 rings (SSSR count). The van der Waals surface area contributed by atoms with Crippen molar-refractivity contribution < 1.29 is 17.6 Å². The zero-order valence-corrected chi connectivity index (χ0v) is 16.5. The van der Waals surface area contributed by atoms with Gasteiger partial charge in [0.25, 0.3) is 0 Å². The Morgan fingerprint density at radius 1 is 1.42 bits per heavy atom. The van der Waals surface area contributed by atoms with E-state index in [2.05, 4.69) is 10.3 Å². The Hall–Kier alpha value is -1.51. The van der Waals surface area contributed by atoms with Crippen LogP contribution in [0.4, 0.5) is 0 Å². The van der Waals surface area contributed by atoms with Crippen molar-refractivity contribution in [3.8, 4) is 11.5 Å². The fraction of sp³-hybridized carbons (Fsp3) is 0.412. The summed E-state index contributed by atoms with van der Waals surface area (Å²) >= 11 is 7.30. The molecule has 9 heteroatoms. The Kier molecular flexibility index (Phi) is 5.94. The minimum absolute atomic E-state index is 0.0316. The Bertz CT molecular complexity index is 880. The number of benzene rings is 1. The number of halogens is 1. The number of nitrogens with one attached hydrogen (secondary N) is 1. The van der Waals surface area contributed by atoms with Gasteiger partial charge >= 0.3 is 0 Å². The molecule has 0 radical (unpaired) electrons. The molecular weight excluding hydrogens is 396 g/mol. The number of oxazole rings is 1. The third-order valence-corrected chi connectivity index (χ3v) is 7.27. The minimum Gasteiger partial charge on any atom is -0.444 e. The highest BCUT2D eigenvalue weighted by atomic mass is 35.5. The van der Waals surface area contributed by atoms with Crippen LogP contribution in [0.25, 0.3) is 11.5 Å². The van der Waals surface area contributed by atoms with E-state index in [-0.39, 0.29) is 28.7 Å². The summed E-state index contributed by atoms with van der Waals surface area (Å²) in [4.78, 5) is 16.6. The van der Waals surface area contributed by atoms with Gasteiger partial charge < -0.3 is 9.73 Å². The van der Waals surface area contributed by atoms with Gasteiger partial charge in [0.15, 0.2) is 9.84 Å². The molecule has 0 bridgehead atoms. The van der Waals surface area contributed by atoms with Crippen molar-refractivity contribution in [2.75, 3.05) is 11.5 Å². The number of amides is 1. The molecule has 2 heterocycles. The maximum Gasteiger partial charge on any atom is 0.233 e. The van der Waals surface area contributed by atoms with Gasteiger partial charge in [-0.1, -0.05) is 11.6 Å². The number of hydrogen-bond donors (Lipinski definition) is 1. The van der Waals surface area contributed by atoms with Gasteiger partial charge in [-0.3, -0.25) is 4.79 Å². The van der Waals surface area contributed by atoms with Crippen LogP contribution in [0.3, 0.4) is 0 Å². The van der Waals surface area contributed by atoms with Gasteiger partial charge in [-0.15, -0.1) is 11.8 Å². The first kappa shape index (κ1) is 19.3. The molecule has 1 N–H and O–H groups in total. The van der Waals surface area contributed by atoms with E-state index in [4.69, 9.17) is 16.0 Å². The van der Waals surface area contributed by atoms with E-state index in [0.717, 1.165) is 11.3 Å². The molecule has 6 nitrogen and oxygen atoms in total. The van der Waals surface area contributed by atoms with Gasteiger partial charge in [0.2, 0.25) is 11.8 Å². The second-order valence-electron chi connectivity index (χ2n) is 6.21. The SMILES string of the molecule is CC(SCc1coc(-c2ccc(Cl)cc2)n1)C(=O)NC1CCS(=O)(=O)C1. The minimum atomic E-state index is -3.00. The summed E-state index contributed by atoms with van der Waals surface area (Å²) in [6, 6.07) is 6.92.